The van der Waals surface area contributed by atoms with Crippen molar-refractivity contribution in [3.05, 3.63) is 28.5 Å². The highest BCUT2D eigenvalue weighted by Gasteiger charge is 2.11. The van der Waals surface area contributed by atoms with Gasteiger partial charge in [-0.25, -0.2) is 0 Å². The lowest BCUT2D eigenvalue weighted by Crippen LogP contribution is -2.23. The van der Waals surface area contributed by atoms with Crippen molar-refractivity contribution in [2.45, 2.75) is 52.5 Å². The molecule has 0 radical (unpaired) electrons. The van der Waals surface area contributed by atoms with Crippen LogP contribution in [0.5, 0.6) is 0 Å². The second-order valence-corrected chi connectivity index (χ2v) is 6.15. The van der Waals surface area contributed by atoms with Crippen molar-refractivity contribution in [2.24, 2.45) is 5.92 Å². The second kappa shape index (κ2) is 8.65. The Bertz CT molecular complexity index is 322. The van der Waals surface area contributed by atoms with Crippen LogP contribution in [0.3, 0.4) is 0 Å². The van der Waals surface area contributed by atoms with Crippen molar-refractivity contribution < 1.29 is 0 Å². The number of halogens is 1. The molecule has 3 heteroatoms. The van der Waals surface area contributed by atoms with Gasteiger partial charge < -0.3 is 5.32 Å². The van der Waals surface area contributed by atoms with Crippen LogP contribution in [0.4, 0.5) is 0 Å². The summed E-state index contributed by atoms with van der Waals surface area (Å²) in [6, 6.07) is 4.59. The topological polar surface area (TPSA) is 24.9 Å². The van der Waals surface area contributed by atoms with Gasteiger partial charge in [-0.3, -0.25) is 4.98 Å². The Kier molecular flexibility index (Phi) is 7.52. The smallest absolute Gasteiger partial charge is 0.0574 e. The average molecular weight is 313 g/mol. The molecule has 102 valence electrons. The standard InChI is InChI=1S/C15H25BrN2/c1-4-10-17-14(7-5-6-12(2)3)15-9-8-13(16)11-18-15/h8-9,11-12,14,17H,4-7,10H2,1-3H3. The summed E-state index contributed by atoms with van der Waals surface area (Å²) in [5.41, 5.74) is 1.16. The van der Waals surface area contributed by atoms with Crippen LogP contribution in [0.25, 0.3) is 0 Å². The van der Waals surface area contributed by atoms with Crippen LogP contribution in [-0.4, -0.2) is 11.5 Å². The molecule has 0 fully saturated rings. The van der Waals surface area contributed by atoms with Crippen molar-refractivity contribution >= 4 is 15.9 Å². The Balaban J connectivity index is 2.56. The van der Waals surface area contributed by atoms with E-state index in [-0.39, 0.29) is 0 Å². The largest absolute Gasteiger partial charge is 0.309 e. The van der Waals surface area contributed by atoms with Gasteiger partial charge in [0, 0.05) is 16.7 Å². The minimum absolute atomic E-state index is 0.400. The molecule has 0 aliphatic rings. The normalized spacial score (nSPS) is 12.9. The summed E-state index contributed by atoms with van der Waals surface area (Å²) in [7, 11) is 0. The minimum Gasteiger partial charge on any atom is -0.309 e. The molecule has 1 aromatic rings. The predicted molar refractivity (Wildman–Crippen MR) is 81.7 cm³/mol. The van der Waals surface area contributed by atoms with E-state index in [1.165, 1.54) is 19.3 Å². The summed E-state index contributed by atoms with van der Waals surface area (Å²) in [4.78, 5) is 4.52. The SMILES string of the molecule is CCCNC(CCCC(C)C)c1ccc(Br)cn1. The molecule has 0 aliphatic heterocycles. The van der Waals surface area contributed by atoms with Gasteiger partial charge in [0.1, 0.15) is 0 Å². The van der Waals surface area contributed by atoms with Gasteiger partial charge >= 0.3 is 0 Å². The first-order valence-electron chi connectivity index (χ1n) is 6.98. The van der Waals surface area contributed by atoms with Crippen LogP contribution in [0.2, 0.25) is 0 Å². The van der Waals surface area contributed by atoms with Crippen LogP contribution < -0.4 is 5.32 Å². The third-order valence-corrected chi connectivity index (χ3v) is 3.49. The summed E-state index contributed by atoms with van der Waals surface area (Å²) in [6.07, 6.45) is 6.78. The van der Waals surface area contributed by atoms with Gasteiger partial charge in [-0.05, 0) is 53.4 Å². The summed E-state index contributed by atoms with van der Waals surface area (Å²) >= 11 is 3.44. The summed E-state index contributed by atoms with van der Waals surface area (Å²) in [5.74, 6) is 0.787. The van der Waals surface area contributed by atoms with Gasteiger partial charge in [0.2, 0.25) is 0 Å². The van der Waals surface area contributed by atoms with Gasteiger partial charge in [-0.15, -0.1) is 0 Å². The van der Waals surface area contributed by atoms with E-state index in [9.17, 15) is 0 Å². The number of hydrogen-bond acceptors (Lipinski definition) is 2. The van der Waals surface area contributed by atoms with E-state index in [0.717, 1.165) is 29.1 Å². The first kappa shape index (κ1) is 15.6. The Morgan fingerprint density at radius 3 is 2.61 bits per heavy atom. The molecule has 0 spiro atoms. The molecule has 1 N–H and O–H groups in total. The van der Waals surface area contributed by atoms with E-state index < -0.39 is 0 Å². The third-order valence-electron chi connectivity index (χ3n) is 3.02. The molecule has 0 amide bonds. The summed E-state index contributed by atoms with van der Waals surface area (Å²) in [6.45, 7) is 7.83. The monoisotopic (exact) mass is 312 g/mol. The lowest BCUT2D eigenvalue weighted by atomic mass is 10.0. The molecular weight excluding hydrogens is 288 g/mol. The van der Waals surface area contributed by atoms with Crippen LogP contribution in [-0.2, 0) is 0 Å². The van der Waals surface area contributed by atoms with Gasteiger partial charge in [-0.1, -0.05) is 33.6 Å². The van der Waals surface area contributed by atoms with E-state index in [2.05, 4.69) is 59.1 Å². The maximum atomic E-state index is 4.52. The Hall–Kier alpha value is -0.410. The number of pyridine rings is 1. The van der Waals surface area contributed by atoms with Crippen molar-refractivity contribution in [3.63, 3.8) is 0 Å². The maximum absolute atomic E-state index is 4.52. The zero-order valence-corrected chi connectivity index (χ0v) is 13.3. The molecule has 0 saturated carbocycles. The number of aromatic nitrogens is 1. The van der Waals surface area contributed by atoms with Gasteiger partial charge in [-0.2, -0.15) is 0 Å². The molecule has 1 aromatic heterocycles. The van der Waals surface area contributed by atoms with Crippen LogP contribution in [0, 0.1) is 5.92 Å². The van der Waals surface area contributed by atoms with Gasteiger partial charge in [0.15, 0.2) is 0 Å². The molecule has 1 rings (SSSR count). The highest BCUT2D eigenvalue weighted by Crippen LogP contribution is 2.20. The second-order valence-electron chi connectivity index (χ2n) is 5.23. The number of hydrogen-bond donors (Lipinski definition) is 1. The van der Waals surface area contributed by atoms with Crippen molar-refractivity contribution in [1.82, 2.24) is 10.3 Å². The van der Waals surface area contributed by atoms with E-state index in [1.54, 1.807) is 0 Å². The first-order chi connectivity index (χ1) is 8.63. The zero-order chi connectivity index (χ0) is 13.4. The molecule has 2 nitrogen and oxygen atoms in total. The average Bonchev–Trinajstić information content (AvgIpc) is 2.34. The highest BCUT2D eigenvalue weighted by atomic mass is 79.9. The molecule has 1 unspecified atom stereocenters. The fourth-order valence-corrected chi connectivity index (χ4v) is 2.23. The van der Waals surface area contributed by atoms with Crippen molar-refractivity contribution in [3.8, 4) is 0 Å². The Morgan fingerprint density at radius 2 is 2.06 bits per heavy atom. The fraction of sp³-hybridized carbons (Fsp3) is 0.667. The van der Waals surface area contributed by atoms with Crippen LogP contribution in [0.1, 0.15) is 58.2 Å². The molecule has 18 heavy (non-hydrogen) atoms. The van der Waals surface area contributed by atoms with Crippen LogP contribution >= 0.6 is 15.9 Å². The molecule has 0 aliphatic carbocycles. The highest BCUT2D eigenvalue weighted by molar-refractivity contribution is 9.10. The predicted octanol–water partition coefficient (Wildman–Crippen LogP) is 4.71. The molecular formula is C15H25BrN2. The van der Waals surface area contributed by atoms with Crippen LogP contribution in [0.15, 0.2) is 22.8 Å². The fourth-order valence-electron chi connectivity index (χ4n) is 2.00. The van der Waals surface area contributed by atoms with E-state index >= 15 is 0 Å². The quantitative estimate of drug-likeness (QED) is 0.752. The molecule has 0 bridgehead atoms. The Morgan fingerprint density at radius 1 is 1.28 bits per heavy atom. The number of nitrogens with zero attached hydrogens (tertiary/aromatic N) is 1. The van der Waals surface area contributed by atoms with E-state index in [0.29, 0.717) is 6.04 Å². The van der Waals surface area contributed by atoms with Gasteiger partial charge in [0.05, 0.1) is 5.69 Å². The molecule has 1 atom stereocenters. The van der Waals surface area contributed by atoms with Gasteiger partial charge in [0.25, 0.3) is 0 Å². The summed E-state index contributed by atoms with van der Waals surface area (Å²) < 4.78 is 1.04. The molecule has 0 aromatic carbocycles. The number of rotatable bonds is 8. The first-order valence-corrected chi connectivity index (χ1v) is 7.77. The Labute approximate surface area is 120 Å². The minimum atomic E-state index is 0.400. The van der Waals surface area contributed by atoms with E-state index in [1.807, 2.05) is 6.20 Å². The summed E-state index contributed by atoms with van der Waals surface area (Å²) in [5, 5.41) is 3.60. The zero-order valence-electron chi connectivity index (χ0n) is 11.7. The number of nitrogens with one attached hydrogen (secondary N) is 1. The van der Waals surface area contributed by atoms with E-state index in [4.69, 9.17) is 0 Å². The maximum Gasteiger partial charge on any atom is 0.0574 e. The molecule has 0 saturated heterocycles. The lowest BCUT2D eigenvalue weighted by molar-refractivity contribution is 0.441. The van der Waals surface area contributed by atoms with Crippen molar-refractivity contribution in [2.75, 3.05) is 6.54 Å². The third kappa shape index (κ3) is 5.96. The van der Waals surface area contributed by atoms with Crippen molar-refractivity contribution in [1.29, 1.82) is 0 Å². The lowest BCUT2D eigenvalue weighted by Gasteiger charge is -2.18. The molecule has 1 heterocycles.